The van der Waals surface area contributed by atoms with Crippen LogP contribution in [0, 0.1) is 11.8 Å². The summed E-state index contributed by atoms with van der Waals surface area (Å²) in [6, 6.07) is 0.528. The highest BCUT2D eigenvalue weighted by molar-refractivity contribution is 4.99. The second kappa shape index (κ2) is 5.90. The van der Waals surface area contributed by atoms with E-state index >= 15 is 0 Å². The van der Waals surface area contributed by atoms with Crippen LogP contribution in [0.4, 0.5) is 0 Å². The van der Waals surface area contributed by atoms with Gasteiger partial charge in [-0.1, -0.05) is 26.5 Å². The number of hydrogen-bond donors (Lipinski definition) is 0. The molecule has 0 heterocycles. The minimum absolute atomic E-state index is 0.528. The molecule has 14 heavy (non-hydrogen) atoms. The molecule has 0 rings (SSSR count). The first-order valence-electron chi connectivity index (χ1n) is 5.43. The number of nitrogens with zero attached hydrogens (tertiary/aromatic N) is 1. The molecule has 0 bridgehead atoms. The molecule has 0 radical (unpaired) electrons. The second-order valence-corrected chi connectivity index (χ2v) is 4.62. The third-order valence-electron chi connectivity index (χ3n) is 2.90. The Morgan fingerprint density at radius 3 is 2.07 bits per heavy atom. The largest absolute Gasteiger partial charge is 0.376 e. The fourth-order valence-electron chi connectivity index (χ4n) is 1.37. The fraction of sp³-hybridized carbons (Fsp3) is 0.692. The lowest BCUT2D eigenvalue weighted by molar-refractivity contribution is 0.311. The highest BCUT2D eigenvalue weighted by Crippen LogP contribution is 2.22. The van der Waals surface area contributed by atoms with Crippen molar-refractivity contribution in [2.45, 2.75) is 40.2 Å². The third-order valence-corrected chi connectivity index (χ3v) is 2.90. The first kappa shape index (κ1) is 13.3. The summed E-state index contributed by atoms with van der Waals surface area (Å²) in [5, 5.41) is 0. The summed E-state index contributed by atoms with van der Waals surface area (Å²) < 4.78 is 0. The van der Waals surface area contributed by atoms with Crippen LogP contribution in [-0.2, 0) is 0 Å². The Balaban J connectivity index is 4.22. The number of rotatable bonds is 6. The van der Waals surface area contributed by atoms with Crippen molar-refractivity contribution in [3.05, 3.63) is 24.9 Å². The summed E-state index contributed by atoms with van der Waals surface area (Å²) in [6.07, 6.45) is 3.07. The van der Waals surface area contributed by atoms with Gasteiger partial charge in [0, 0.05) is 18.8 Å². The Bertz CT molecular complexity index is 191. The zero-order chi connectivity index (χ0) is 11.3. The summed E-state index contributed by atoms with van der Waals surface area (Å²) in [5.74, 6) is 1.19. The lowest BCUT2D eigenvalue weighted by atomic mass is 9.91. The summed E-state index contributed by atoms with van der Waals surface area (Å²) >= 11 is 0. The topological polar surface area (TPSA) is 3.24 Å². The summed E-state index contributed by atoms with van der Waals surface area (Å²) in [6.45, 7) is 16.8. The molecule has 0 saturated heterocycles. The predicted molar refractivity (Wildman–Crippen MR) is 65.2 cm³/mol. The molecule has 0 N–H and O–H groups in total. The van der Waals surface area contributed by atoms with Crippen molar-refractivity contribution >= 4 is 0 Å². The van der Waals surface area contributed by atoms with E-state index in [1.807, 2.05) is 6.08 Å². The molecule has 1 unspecified atom stereocenters. The minimum atomic E-state index is 0.528. The molecule has 0 aliphatic carbocycles. The molecule has 0 aromatic heterocycles. The van der Waals surface area contributed by atoms with Crippen molar-refractivity contribution in [2.75, 3.05) is 7.05 Å². The maximum Gasteiger partial charge on any atom is 0.0226 e. The van der Waals surface area contributed by atoms with Gasteiger partial charge in [-0.25, -0.2) is 0 Å². The number of hydrogen-bond acceptors (Lipinski definition) is 1. The van der Waals surface area contributed by atoms with E-state index in [0.29, 0.717) is 17.9 Å². The van der Waals surface area contributed by atoms with Gasteiger partial charge in [-0.3, -0.25) is 0 Å². The molecule has 0 aliphatic heterocycles. The van der Waals surface area contributed by atoms with Crippen LogP contribution in [0.1, 0.15) is 34.1 Å². The normalized spacial score (nSPS) is 13.1. The molecule has 0 fully saturated rings. The van der Waals surface area contributed by atoms with Crippen LogP contribution in [0.3, 0.4) is 0 Å². The number of allylic oxidation sites excluding steroid dienone is 2. The van der Waals surface area contributed by atoms with Gasteiger partial charge in [-0.15, -0.1) is 6.58 Å². The van der Waals surface area contributed by atoms with Crippen molar-refractivity contribution in [2.24, 2.45) is 11.8 Å². The third kappa shape index (κ3) is 3.99. The Kier molecular flexibility index (Phi) is 5.59. The van der Waals surface area contributed by atoms with Crippen molar-refractivity contribution < 1.29 is 0 Å². The van der Waals surface area contributed by atoms with Crippen molar-refractivity contribution in [3.63, 3.8) is 0 Å². The molecule has 1 atom stereocenters. The smallest absolute Gasteiger partial charge is 0.0226 e. The molecule has 1 nitrogen and oxygen atoms in total. The van der Waals surface area contributed by atoms with Crippen molar-refractivity contribution in [1.29, 1.82) is 0 Å². The van der Waals surface area contributed by atoms with Gasteiger partial charge < -0.3 is 4.90 Å². The van der Waals surface area contributed by atoms with E-state index in [9.17, 15) is 0 Å². The lowest BCUT2D eigenvalue weighted by Gasteiger charge is -2.29. The molecule has 0 saturated carbocycles. The monoisotopic (exact) mass is 195 g/mol. The van der Waals surface area contributed by atoms with Gasteiger partial charge in [-0.2, -0.15) is 0 Å². The highest BCUT2D eigenvalue weighted by atomic mass is 15.1. The van der Waals surface area contributed by atoms with Gasteiger partial charge in [0.15, 0.2) is 0 Å². The standard InChI is InChI=1S/C13H25N/c1-8-13(10(2)3)9-12(6)14(7)11(4)5/h8,10-11,13H,1,6,9H2,2-5,7H3. The van der Waals surface area contributed by atoms with Crippen LogP contribution in [0.5, 0.6) is 0 Å². The van der Waals surface area contributed by atoms with E-state index in [1.165, 1.54) is 5.70 Å². The van der Waals surface area contributed by atoms with Gasteiger partial charge in [-0.05, 0) is 32.1 Å². The Hall–Kier alpha value is -0.720. The fourth-order valence-corrected chi connectivity index (χ4v) is 1.37. The van der Waals surface area contributed by atoms with Gasteiger partial charge in [0.2, 0.25) is 0 Å². The Morgan fingerprint density at radius 1 is 1.29 bits per heavy atom. The Morgan fingerprint density at radius 2 is 1.79 bits per heavy atom. The van der Waals surface area contributed by atoms with Crippen molar-refractivity contribution in [1.82, 2.24) is 4.90 Å². The zero-order valence-corrected chi connectivity index (χ0v) is 10.4. The maximum absolute atomic E-state index is 4.12. The predicted octanol–water partition coefficient (Wildman–Crippen LogP) is 3.69. The van der Waals surface area contributed by atoms with Crippen LogP contribution < -0.4 is 0 Å². The first-order chi connectivity index (χ1) is 6.40. The van der Waals surface area contributed by atoms with Gasteiger partial charge in [0.25, 0.3) is 0 Å². The van der Waals surface area contributed by atoms with Gasteiger partial charge >= 0.3 is 0 Å². The summed E-state index contributed by atoms with van der Waals surface area (Å²) in [4.78, 5) is 2.24. The van der Waals surface area contributed by atoms with Crippen LogP contribution in [0.25, 0.3) is 0 Å². The summed E-state index contributed by atoms with van der Waals surface area (Å²) in [5.41, 5.74) is 1.21. The molecule has 1 heteroatoms. The van der Waals surface area contributed by atoms with Crippen LogP contribution in [0.15, 0.2) is 24.9 Å². The second-order valence-electron chi connectivity index (χ2n) is 4.62. The quantitative estimate of drug-likeness (QED) is 0.584. The molecule has 0 amide bonds. The van der Waals surface area contributed by atoms with Crippen LogP contribution >= 0.6 is 0 Å². The average molecular weight is 195 g/mol. The SMILES string of the molecule is C=CC(CC(=C)N(C)C(C)C)C(C)C. The molecular formula is C13H25N. The van der Waals surface area contributed by atoms with E-state index in [1.54, 1.807) is 0 Å². The van der Waals surface area contributed by atoms with Gasteiger partial charge in [0.05, 0.1) is 0 Å². The molecule has 0 spiro atoms. The highest BCUT2D eigenvalue weighted by Gasteiger charge is 2.14. The van der Waals surface area contributed by atoms with Crippen LogP contribution in [-0.4, -0.2) is 18.0 Å². The van der Waals surface area contributed by atoms with Crippen molar-refractivity contribution in [3.8, 4) is 0 Å². The molecule has 82 valence electrons. The minimum Gasteiger partial charge on any atom is -0.376 e. The van der Waals surface area contributed by atoms with E-state index in [2.05, 4.69) is 52.8 Å². The van der Waals surface area contributed by atoms with E-state index in [-0.39, 0.29) is 0 Å². The summed E-state index contributed by atoms with van der Waals surface area (Å²) in [7, 11) is 2.10. The van der Waals surface area contributed by atoms with E-state index < -0.39 is 0 Å². The lowest BCUT2D eigenvalue weighted by Crippen LogP contribution is -2.26. The molecular weight excluding hydrogens is 170 g/mol. The maximum atomic E-state index is 4.12. The van der Waals surface area contributed by atoms with Gasteiger partial charge in [0.1, 0.15) is 0 Å². The Labute approximate surface area is 89.5 Å². The molecule has 0 aromatic rings. The first-order valence-corrected chi connectivity index (χ1v) is 5.43. The van der Waals surface area contributed by atoms with E-state index in [4.69, 9.17) is 0 Å². The van der Waals surface area contributed by atoms with E-state index in [0.717, 1.165) is 6.42 Å². The average Bonchev–Trinajstić information content (AvgIpc) is 2.11. The molecule has 0 aromatic carbocycles. The molecule has 0 aliphatic rings. The van der Waals surface area contributed by atoms with Crippen LogP contribution in [0.2, 0.25) is 0 Å². The zero-order valence-electron chi connectivity index (χ0n) is 10.4.